The molecule has 19 heavy (non-hydrogen) atoms. The average Bonchev–Trinajstić information content (AvgIpc) is 2.43. The predicted octanol–water partition coefficient (Wildman–Crippen LogP) is 3.68. The van der Waals surface area contributed by atoms with Crippen LogP contribution in [0.4, 0.5) is 0 Å². The number of hydrogen-bond donors (Lipinski definition) is 1. The summed E-state index contributed by atoms with van der Waals surface area (Å²) in [5, 5.41) is 3.73. The van der Waals surface area contributed by atoms with Crippen LogP contribution in [0.5, 0.6) is 11.5 Å². The quantitative estimate of drug-likeness (QED) is 0.702. The van der Waals surface area contributed by atoms with Crippen LogP contribution in [-0.2, 0) is 6.42 Å². The van der Waals surface area contributed by atoms with E-state index in [2.05, 4.69) is 5.32 Å². The molecule has 0 aliphatic carbocycles. The molecule has 0 atom stereocenters. The van der Waals surface area contributed by atoms with Gasteiger partial charge in [0, 0.05) is 0 Å². The third-order valence-corrected chi connectivity index (χ3v) is 3.55. The van der Waals surface area contributed by atoms with E-state index in [1.165, 1.54) is 19.3 Å². The average molecular weight is 286 g/mol. The monoisotopic (exact) mass is 285 g/mol. The fourth-order valence-electron chi connectivity index (χ4n) is 2.12. The Morgan fingerprint density at radius 2 is 1.79 bits per heavy atom. The first-order valence-electron chi connectivity index (χ1n) is 6.78. The Kier molecular flexibility index (Phi) is 7.68. The molecule has 0 bridgehead atoms. The van der Waals surface area contributed by atoms with Crippen molar-refractivity contribution in [3.8, 4) is 11.5 Å². The first kappa shape index (κ1) is 16.1. The van der Waals surface area contributed by atoms with Crippen LogP contribution in [0, 0.1) is 0 Å². The van der Waals surface area contributed by atoms with Crippen molar-refractivity contribution in [1.82, 2.24) is 5.32 Å². The largest absolute Gasteiger partial charge is 0.495 e. The first-order valence-corrected chi connectivity index (χ1v) is 7.16. The molecule has 108 valence electrons. The van der Waals surface area contributed by atoms with Crippen molar-refractivity contribution < 1.29 is 9.47 Å². The Morgan fingerprint density at radius 3 is 2.42 bits per heavy atom. The molecule has 1 aromatic carbocycles. The van der Waals surface area contributed by atoms with Gasteiger partial charge >= 0.3 is 0 Å². The second-order valence-corrected chi connectivity index (χ2v) is 4.92. The highest BCUT2D eigenvalue weighted by molar-refractivity contribution is 6.33. The molecule has 0 unspecified atom stereocenters. The molecule has 0 aliphatic rings. The number of rotatable bonds is 9. The highest BCUT2D eigenvalue weighted by Gasteiger charge is 2.12. The van der Waals surface area contributed by atoms with E-state index in [-0.39, 0.29) is 0 Å². The van der Waals surface area contributed by atoms with Crippen LogP contribution in [0.3, 0.4) is 0 Å². The van der Waals surface area contributed by atoms with Gasteiger partial charge in [-0.25, -0.2) is 0 Å². The van der Waals surface area contributed by atoms with Crippen molar-refractivity contribution in [2.45, 2.75) is 32.1 Å². The lowest BCUT2D eigenvalue weighted by atomic mass is 10.0. The summed E-state index contributed by atoms with van der Waals surface area (Å²) in [6.07, 6.45) is 5.87. The molecule has 0 fully saturated rings. The van der Waals surface area contributed by atoms with Gasteiger partial charge in [-0.05, 0) is 44.5 Å². The summed E-state index contributed by atoms with van der Waals surface area (Å²) in [6.45, 7) is 1.09. The van der Waals surface area contributed by atoms with Gasteiger partial charge in [0.15, 0.2) is 0 Å². The Balaban J connectivity index is 2.51. The van der Waals surface area contributed by atoms with Crippen LogP contribution >= 0.6 is 11.6 Å². The van der Waals surface area contributed by atoms with Gasteiger partial charge in [-0.15, -0.1) is 0 Å². The molecule has 1 aromatic rings. The summed E-state index contributed by atoms with van der Waals surface area (Å²) >= 11 is 6.24. The molecule has 1 rings (SSSR count). The zero-order valence-corrected chi connectivity index (χ0v) is 12.8. The van der Waals surface area contributed by atoms with Crippen LogP contribution in [0.1, 0.15) is 31.2 Å². The van der Waals surface area contributed by atoms with Crippen molar-refractivity contribution in [3.63, 3.8) is 0 Å². The minimum Gasteiger partial charge on any atom is -0.495 e. The maximum absolute atomic E-state index is 6.24. The topological polar surface area (TPSA) is 30.5 Å². The fourth-order valence-corrected chi connectivity index (χ4v) is 2.46. The summed E-state index contributed by atoms with van der Waals surface area (Å²) in [7, 11) is 5.25. The molecule has 0 saturated carbocycles. The van der Waals surface area contributed by atoms with E-state index in [0.717, 1.165) is 30.7 Å². The van der Waals surface area contributed by atoms with Gasteiger partial charge in [0.1, 0.15) is 16.5 Å². The SMILES string of the molecule is CNCCCCCCc1ccc(OC)c(Cl)c1OC. The second kappa shape index (κ2) is 9.05. The summed E-state index contributed by atoms with van der Waals surface area (Å²) in [6, 6.07) is 3.94. The van der Waals surface area contributed by atoms with E-state index in [1.54, 1.807) is 14.2 Å². The van der Waals surface area contributed by atoms with Gasteiger partial charge < -0.3 is 14.8 Å². The summed E-state index contributed by atoms with van der Waals surface area (Å²) in [5.74, 6) is 1.41. The predicted molar refractivity (Wildman–Crippen MR) is 80.7 cm³/mol. The lowest BCUT2D eigenvalue weighted by Crippen LogP contribution is -2.06. The van der Waals surface area contributed by atoms with Crippen LogP contribution < -0.4 is 14.8 Å². The molecule has 0 saturated heterocycles. The number of hydrogen-bond acceptors (Lipinski definition) is 3. The molecule has 3 nitrogen and oxygen atoms in total. The van der Waals surface area contributed by atoms with Crippen LogP contribution in [0.2, 0.25) is 5.02 Å². The normalized spacial score (nSPS) is 10.5. The van der Waals surface area contributed by atoms with Crippen molar-refractivity contribution in [3.05, 3.63) is 22.7 Å². The Morgan fingerprint density at radius 1 is 1.05 bits per heavy atom. The smallest absolute Gasteiger partial charge is 0.144 e. The molecule has 1 N–H and O–H groups in total. The third-order valence-electron chi connectivity index (χ3n) is 3.19. The number of benzene rings is 1. The molecular weight excluding hydrogens is 262 g/mol. The highest BCUT2D eigenvalue weighted by Crippen LogP contribution is 2.37. The van der Waals surface area contributed by atoms with E-state index < -0.39 is 0 Å². The molecule has 0 aromatic heterocycles. The van der Waals surface area contributed by atoms with Crippen LogP contribution in [0.25, 0.3) is 0 Å². The summed E-state index contributed by atoms with van der Waals surface area (Å²) in [4.78, 5) is 0. The number of halogens is 1. The minimum absolute atomic E-state index is 0.567. The lowest BCUT2D eigenvalue weighted by molar-refractivity contribution is 0.391. The number of aryl methyl sites for hydroxylation is 1. The van der Waals surface area contributed by atoms with Crippen molar-refractivity contribution in [2.24, 2.45) is 0 Å². The highest BCUT2D eigenvalue weighted by atomic mass is 35.5. The van der Waals surface area contributed by atoms with E-state index in [0.29, 0.717) is 10.8 Å². The lowest BCUT2D eigenvalue weighted by Gasteiger charge is -2.13. The summed E-state index contributed by atoms with van der Waals surface area (Å²) < 4.78 is 10.6. The maximum Gasteiger partial charge on any atom is 0.144 e. The Labute approximate surface area is 121 Å². The number of methoxy groups -OCH3 is 2. The van der Waals surface area contributed by atoms with Crippen molar-refractivity contribution >= 4 is 11.6 Å². The van der Waals surface area contributed by atoms with E-state index in [4.69, 9.17) is 21.1 Å². The van der Waals surface area contributed by atoms with Gasteiger partial charge in [0.25, 0.3) is 0 Å². The van der Waals surface area contributed by atoms with Gasteiger partial charge in [0.2, 0.25) is 0 Å². The minimum atomic E-state index is 0.567. The first-order chi connectivity index (χ1) is 9.24. The maximum atomic E-state index is 6.24. The standard InChI is InChI=1S/C15H24ClNO2/c1-17-11-7-5-4-6-8-12-9-10-13(18-2)14(16)15(12)19-3/h9-10,17H,4-8,11H2,1-3H3. The van der Waals surface area contributed by atoms with Crippen LogP contribution in [0.15, 0.2) is 12.1 Å². The Bertz CT molecular complexity index is 383. The molecule has 0 heterocycles. The molecule has 0 radical (unpaired) electrons. The van der Waals surface area contributed by atoms with Gasteiger partial charge in [-0.3, -0.25) is 0 Å². The van der Waals surface area contributed by atoms with E-state index in [1.807, 2.05) is 19.2 Å². The van der Waals surface area contributed by atoms with Crippen LogP contribution in [-0.4, -0.2) is 27.8 Å². The van der Waals surface area contributed by atoms with Gasteiger partial charge in [0.05, 0.1) is 14.2 Å². The zero-order valence-electron chi connectivity index (χ0n) is 12.1. The molecular formula is C15H24ClNO2. The van der Waals surface area contributed by atoms with E-state index in [9.17, 15) is 0 Å². The van der Waals surface area contributed by atoms with Crippen molar-refractivity contribution in [2.75, 3.05) is 27.8 Å². The molecule has 4 heteroatoms. The zero-order chi connectivity index (χ0) is 14.1. The third kappa shape index (κ3) is 4.92. The Hall–Kier alpha value is -0.930. The second-order valence-electron chi connectivity index (χ2n) is 4.54. The summed E-state index contributed by atoms with van der Waals surface area (Å²) in [5.41, 5.74) is 1.15. The van der Waals surface area contributed by atoms with Gasteiger partial charge in [-0.2, -0.15) is 0 Å². The number of unbranched alkanes of at least 4 members (excludes halogenated alkanes) is 3. The molecule has 0 aliphatic heterocycles. The molecule has 0 spiro atoms. The number of nitrogens with one attached hydrogen (secondary N) is 1. The van der Waals surface area contributed by atoms with Crippen molar-refractivity contribution in [1.29, 1.82) is 0 Å². The molecule has 0 amide bonds. The van der Waals surface area contributed by atoms with Gasteiger partial charge in [-0.1, -0.05) is 30.5 Å². The van der Waals surface area contributed by atoms with E-state index >= 15 is 0 Å². The fraction of sp³-hybridized carbons (Fsp3) is 0.600. The number of ether oxygens (including phenoxy) is 2.